The number of aliphatic hydroxyl groups excluding tert-OH is 2. The van der Waals surface area contributed by atoms with E-state index in [1.807, 2.05) is 0 Å². The van der Waals surface area contributed by atoms with E-state index in [4.69, 9.17) is 9.84 Å². The number of aromatic nitrogens is 4. The number of amides is 1. The van der Waals surface area contributed by atoms with Gasteiger partial charge >= 0.3 is 6.18 Å². The molecule has 0 aromatic carbocycles. The number of aliphatic hydroxyl groups is 2. The first-order chi connectivity index (χ1) is 15.2. The molecule has 1 amide bonds. The highest BCUT2D eigenvalue weighted by molar-refractivity contribution is 6.04. The first-order valence-electron chi connectivity index (χ1n) is 9.70. The van der Waals surface area contributed by atoms with Gasteiger partial charge in [-0.25, -0.2) is 4.98 Å². The monoisotopic (exact) mass is 453 g/mol. The second-order valence-electron chi connectivity index (χ2n) is 7.14. The van der Waals surface area contributed by atoms with E-state index in [1.54, 1.807) is 29.9 Å². The highest BCUT2D eigenvalue weighted by Gasteiger charge is 2.27. The zero-order valence-electron chi connectivity index (χ0n) is 17.1. The SMILES string of the molecule is Cc1cc(Cn2cc3c(C(=O)NC[C@H](O)CO)nccc3n2)cnc1OCCC(F)(F)F. The molecule has 0 aliphatic heterocycles. The molecule has 9 nitrogen and oxygen atoms in total. The number of nitrogens with zero attached hydrogens (tertiary/aromatic N) is 4. The summed E-state index contributed by atoms with van der Waals surface area (Å²) < 4.78 is 43.5. The maximum absolute atomic E-state index is 12.4. The summed E-state index contributed by atoms with van der Waals surface area (Å²) in [5, 5.41) is 25.7. The van der Waals surface area contributed by atoms with Crippen LogP contribution in [0.5, 0.6) is 5.88 Å². The minimum Gasteiger partial charge on any atom is -0.477 e. The van der Waals surface area contributed by atoms with Gasteiger partial charge in [-0.2, -0.15) is 18.3 Å². The summed E-state index contributed by atoms with van der Waals surface area (Å²) in [4.78, 5) is 20.6. The summed E-state index contributed by atoms with van der Waals surface area (Å²) in [6.45, 7) is 0.884. The van der Waals surface area contributed by atoms with Gasteiger partial charge in [0.05, 0.1) is 43.2 Å². The quantitative estimate of drug-likeness (QED) is 0.450. The largest absolute Gasteiger partial charge is 0.477 e. The number of nitrogens with one attached hydrogen (secondary N) is 1. The van der Waals surface area contributed by atoms with Crippen LogP contribution in [-0.2, 0) is 6.54 Å². The molecule has 0 spiro atoms. The van der Waals surface area contributed by atoms with Gasteiger partial charge < -0.3 is 20.3 Å². The maximum Gasteiger partial charge on any atom is 0.392 e. The van der Waals surface area contributed by atoms with Crippen LogP contribution in [0.25, 0.3) is 10.9 Å². The smallest absolute Gasteiger partial charge is 0.392 e. The number of pyridine rings is 2. The number of halogens is 3. The summed E-state index contributed by atoms with van der Waals surface area (Å²) in [5.41, 5.74) is 1.99. The van der Waals surface area contributed by atoms with Crippen molar-refractivity contribution in [2.24, 2.45) is 0 Å². The van der Waals surface area contributed by atoms with Gasteiger partial charge in [0.15, 0.2) is 0 Å². The van der Waals surface area contributed by atoms with E-state index in [0.717, 1.165) is 5.56 Å². The number of carbonyl (C=O) groups is 1. The average molecular weight is 453 g/mol. The molecular formula is C20H22F3N5O4. The van der Waals surface area contributed by atoms with Gasteiger partial charge in [0.1, 0.15) is 5.69 Å². The molecule has 0 bridgehead atoms. The Hall–Kier alpha value is -3.25. The number of hydrogen-bond donors (Lipinski definition) is 3. The molecule has 0 aliphatic rings. The van der Waals surface area contributed by atoms with E-state index in [-0.39, 0.29) is 18.1 Å². The number of rotatable bonds is 9. The summed E-state index contributed by atoms with van der Waals surface area (Å²) in [7, 11) is 0. The van der Waals surface area contributed by atoms with Crippen LogP contribution in [0.2, 0.25) is 0 Å². The first-order valence-corrected chi connectivity index (χ1v) is 9.70. The molecule has 3 rings (SSSR count). The van der Waals surface area contributed by atoms with Gasteiger partial charge in [0, 0.05) is 30.7 Å². The van der Waals surface area contributed by atoms with E-state index < -0.39 is 37.8 Å². The van der Waals surface area contributed by atoms with Crippen molar-refractivity contribution in [3.8, 4) is 5.88 Å². The topological polar surface area (TPSA) is 122 Å². The van der Waals surface area contributed by atoms with Crippen molar-refractivity contribution in [1.29, 1.82) is 0 Å². The lowest BCUT2D eigenvalue weighted by molar-refractivity contribution is -0.139. The van der Waals surface area contributed by atoms with Gasteiger partial charge in [0.25, 0.3) is 5.91 Å². The predicted octanol–water partition coefficient (Wildman–Crippen LogP) is 1.60. The number of hydrogen-bond acceptors (Lipinski definition) is 7. The van der Waals surface area contributed by atoms with Gasteiger partial charge in [-0.1, -0.05) is 0 Å². The Morgan fingerprint density at radius 3 is 2.81 bits per heavy atom. The highest BCUT2D eigenvalue weighted by atomic mass is 19.4. The number of fused-ring (bicyclic) bond motifs is 1. The van der Waals surface area contributed by atoms with Crippen molar-refractivity contribution in [2.75, 3.05) is 19.8 Å². The third-order valence-corrected chi connectivity index (χ3v) is 4.46. The van der Waals surface area contributed by atoms with Crippen LogP contribution in [0.1, 0.15) is 28.0 Å². The van der Waals surface area contributed by atoms with E-state index in [1.165, 1.54) is 12.4 Å². The summed E-state index contributed by atoms with van der Waals surface area (Å²) in [6.07, 6.45) is -1.85. The van der Waals surface area contributed by atoms with Gasteiger partial charge in [0.2, 0.25) is 5.88 Å². The number of aryl methyl sites for hydroxylation is 1. The van der Waals surface area contributed by atoms with Crippen molar-refractivity contribution < 1.29 is 32.9 Å². The molecule has 172 valence electrons. The normalized spacial score (nSPS) is 12.7. The fourth-order valence-corrected chi connectivity index (χ4v) is 2.92. The Labute approximate surface area is 180 Å². The summed E-state index contributed by atoms with van der Waals surface area (Å²) >= 11 is 0. The third kappa shape index (κ3) is 6.14. The Balaban J connectivity index is 1.71. The van der Waals surface area contributed by atoms with Crippen LogP contribution < -0.4 is 10.1 Å². The van der Waals surface area contributed by atoms with E-state index >= 15 is 0 Å². The average Bonchev–Trinajstić information content (AvgIpc) is 3.14. The van der Waals surface area contributed by atoms with Crippen LogP contribution in [0.3, 0.4) is 0 Å². The third-order valence-electron chi connectivity index (χ3n) is 4.46. The predicted molar refractivity (Wildman–Crippen MR) is 107 cm³/mol. The molecule has 3 N–H and O–H groups in total. The van der Waals surface area contributed by atoms with Crippen LogP contribution in [0.15, 0.2) is 30.7 Å². The Kier molecular flexibility index (Phi) is 7.26. The molecule has 0 unspecified atom stereocenters. The van der Waals surface area contributed by atoms with E-state index in [0.29, 0.717) is 23.0 Å². The van der Waals surface area contributed by atoms with Crippen molar-refractivity contribution in [3.63, 3.8) is 0 Å². The van der Waals surface area contributed by atoms with Crippen molar-refractivity contribution in [1.82, 2.24) is 25.1 Å². The van der Waals surface area contributed by atoms with Gasteiger partial charge in [-0.05, 0) is 24.6 Å². The molecule has 3 heterocycles. The first kappa shape index (κ1) is 23.4. The molecule has 3 aromatic rings. The number of ether oxygens (including phenoxy) is 1. The fourth-order valence-electron chi connectivity index (χ4n) is 2.92. The zero-order valence-corrected chi connectivity index (χ0v) is 17.1. The molecule has 0 radical (unpaired) electrons. The van der Waals surface area contributed by atoms with Crippen LogP contribution in [-0.4, -0.2) is 67.9 Å². The van der Waals surface area contributed by atoms with Crippen LogP contribution in [0, 0.1) is 6.92 Å². The lowest BCUT2D eigenvalue weighted by Crippen LogP contribution is -2.34. The molecule has 0 fully saturated rings. The molecule has 0 aliphatic carbocycles. The second-order valence-corrected chi connectivity index (χ2v) is 7.14. The van der Waals surface area contributed by atoms with Crippen LogP contribution in [0.4, 0.5) is 13.2 Å². The molecule has 1 atom stereocenters. The lowest BCUT2D eigenvalue weighted by atomic mass is 10.2. The van der Waals surface area contributed by atoms with Crippen molar-refractivity contribution in [2.45, 2.75) is 32.2 Å². The Bertz CT molecular complexity index is 1090. The van der Waals surface area contributed by atoms with Crippen molar-refractivity contribution in [3.05, 3.63) is 47.5 Å². The molecule has 32 heavy (non-hydrogen) atoms. The minimum atomic E-state index is -4.29. The summed E-state index contributed by atoms with van der Waals surface area (Å²) in [6, 6.07) is 3.39. The molecule has 12 heteroatoms. The Morgan fingerprint density at radius 2 is 2.12 bits per heavy atom. The molecule has 3 aromatic heterocycles. The second kappa shape index (κ2) is 9.92. The Morgan fingerprint density at radius 1 is 1.34 bits per heavy atom. The maximum atomic E-state index is 12.4. The summed E-state index contributed by atoms with van der Waals surface area (Å²) in [5.74, 6) is -0.377. The lowest BCUT2D eigenvalue weighted by Gasteiger charge is -2.11. The standard InChI is InChI=1S/C20H22F3N5O4/c1-12-6-13(7-26-19(12)32-5-3-20(21,22)23)9-28-10-15-16(27-28)2-4-24-17(15)18(31)25-8-14(30)11-29/h2,4,6-7,10,14,29-30H,3,5,8-9,11H2,1H3,(H,25,31)/t14-/m0/s1. The number of alkyl halides is 3. The van der Waals surface area contributed by atoms with Gasteiger partial charge in [-0.15, -0.1) is 0 Å². The van der Waals surface area contributed by atoms with E-state index in [2.05, 4.69) is 20.4 Å². The van der Waals surface area contributed by atoms with Gasteiger partial charge in [-0.3, -0.25) is 14.5 Å². The fraction of sp³-hybridized carbons (Fsp3) is 0.400. The zero-order chi connectivity index (χ0) is 23.3. The highest BCUT2D eigenvalue weighted by Crippen LogP contribution is 2.22. The minimum absolute atomic E-state index is 0.121. The molecule has 0 saturated carbocycles. The number of carbonyl (C=O) groups excluding carboxylic acids is 1. The van der Waals surface area contributed by atoms with Crippen LogP contribution >= 0.6 is 0 Å². The van der Waals surface area contributed by atoms with Crippen molar-refractivity contribution >= 4 is 16.8 Å². The molecular weight excluding hydrogens is 431 g/mol. The van der Waals surface area contributed by atoms with E-state index in [9.17, 15) is 23.1 Å². The molecule has 0 saturated heterocycles.